The van der Waals surface area contributed by atoms with Gasteiger partial charge in [-0.25, -0.2) is 0 Å². The van der Waals surface area contributed by atoms with Crippen LogP contribution < -0.4 is 15.8 Å². The Kier molecular flexibility index (Phi) is 4.31. The molecule has 0 bridgehead atoms. The summed E-state index contributed by atoms with van der Waals surface area (Å²) in [6.45, 7) is 5.62. The van der Waals surface area contributed by atoms with Crippen LogP contribution >= 0.6 is 0 Å². The summed E-state index contributed by atoms with van der Waals surface area (Å²) < 4.78 is 5.28. The lowest BCUT2D eigenvalue weighted by molar-refractivity contribution is -0.124. The van der Waals surface area contributed by atoms with Crippen molar-refractivity contribution in [3.8, 4) is 5.75 Å². The quantitative estimate of drug-likeness (QED) is 0.839. The monoisotopic (exact) mass is 250 g/mol. The summed E-state index contributed by atoms with van der Waals surface area (Å²) in [5, 5.41) is 2.78. The molecule has 98 valence electrons. The predicted octanol–water partition coefficient (Wildman–Crippen LogP) is 1.08. The fraction of sp³-hybridized carbons (Fsp3) is 0.385. The lowest BCUT2D eigenvalue weighted by Crippen LogP contribution is -2.43. The van der Waals surface area contributed by atoms with Crippen LogP contribution in [-0.4, -0.2) is 24.0 Å². The molecule has 5 heteroatoms. The summed E-state index contributed by atoms with van der Waals surface area (Å²) in [5.41, 5.74) is 5.23. The number of nitrogens with one attached hydrogen (secondary N) is 1. The second kappa shape index (κ2) is 5.53. The summed E-state index contributed by atoms with van der Waals surface area (Å²) in [6, 6.07) is 6.31. The summed E-state index contributed by atoms with van der Waals surface area (Å²) in [4.78, 5) is 22.3. The molecule has 3 N–H and O–H groups in total. The topological polar surface area (TPSA) is 81.4 Å². The van der Waals surface area contributed by atoms with Gasteiger partial charge in [-0.1, -0.05) is 0 Å². The smallest absolute Gasteiger partial charge is 0.258 e. The number of amides is 2. The highest BCUT2D eigenvalue weighted by Crippen LogP contribution is 2.11. The Bertz CT molecular complexity index is 433. The maximum absolute atomic E-state index is 11.5. The van der Waals surface area contributed by atoms with E-state index >= 15 is 0 Å². The van der Waals surface area contributed by atoms with Crippen LogP contribution in [0.15, 0.2) is 24.3 Å². The van der Waals surface area contributed by atoms with E-state index in [0.29, 0.717) is 11.3 Å². The fourth-order valence-corrected chi connectivity index (χ4v) is 1.32. The molecule has 0 spiro atoms. The molecule has 1 rings (SSSR count). The molecule has 0 aromatic heterocycles. The first-order chi connectivity index (χ1) is 8.28. The minimum absolute atomic E-state index is 0.0623. The van der Waals surface area contributed by atoms with E-state index < -0.39 is 5.91 Å². The Balaban J connectivity index is 2.49. The van der Waals surface area contributed by atoms with Gasteiger partial charge in [0.15, 0.2) is 6.61 Å². The number of carbonyl (C=O) groups is 2. The van der Waals surface area contributed by atoms with Crippen LogP contribution in [0.2, 0.25) is 0 Å². The molecule has 1 aromatic carbocycles. The Morgan fingerprint density at radius 1 is 1.22 bits per heavy atom. The van der Waals surface area contributed by atoms with E-state index in [1.54, 1.807) is 24.3 Å². The van der Waals surface area contributed by atoms with Crippen molar-refractivity contribution in [3.63, 3.8) is 0 Å². The van der Waals surface area contributed by atoms with Gasteiger partial charge in [0.2, 0.25) is 5.91 Å². The number of benzene rings is 1. The molecule has 0 saturated carbocycles. The fourth-order valence-electron chi connectivity index (χ4n) is 1.32. The van der Waals surface area contributed by atoms with Gasteiger partial charge in [0.25, 0.3) is 5.91 Å². The zero-order chi connectivity index (χ0) is 13.8. The van der Waals surface area contributed by atoms with Crippen LogP contribution in [0.25, 0.3) is 0 Å². The molecule has 2 amide bonds. The van der Waals surface area contributed by atoms with Gasteiger partial charge >= 0.3 is 0 Å². The van der Waals surface area contributed by atoms with E-state index in [1.807, 2.05) is 20.8 Å². The van der Waals surface area contributed by atoms with Gasteiger partial charge < -0.3 is 15.8 Å². The van der Waals surface area contributed by atoms with Gasteiger partial charge in [-0.05, 0) is 45.0 Å². The lowest BCUT2D eigenvalue weighted by atomic mass is 10.1. The van der Waals surface area contributed by atoms with Gasteiger partial charge in [-0.3, -0.25) is 9.59 Å². The molecule has 0 aliphatic heterocycles. The van der Waals surface area contributed by atoms with Gasteiger partial charge in [-0.15, -0.1) is 0 Å². The minimum atomic E-state index is -0.493. The van der Waals surface area contributed by atoms with Gasteiger partial charge in [-0.2, -0.15) is 0 Å². The molecule has 0 radical (unpaired) electrons. The van der Waals surface area contributed by atoms with Crippen LogP contribution in [0.4, 0.5) is 0 Å². The number of rotatable bonds is 4. The molecular weight excluding hydrogens is 232 g/mol. The summed E-state index contributed by atoms with van der Waals surface area (Å²) in [6.07, 6.45) is 0. The van der Waals surface area contributed by atoms with Crippen LogP contribution in [0.3, 0.4) is 0 Å². The van der Waals surface area contributed by atoms with E-state index in [2.05, 4.69) is 5.32 Å². The van der Waals surface area contributed by atoms with Crippen molar-refractivity contribution in [1.82, 2.24) is 5.32 Å². The second-order valence-electron chi connectivity index (χ2n) is 4.98. The highest BCUT2D eigenvalue weighted by molar-refractivity contribution is 5.92. The normalized spacial score (nSPS) is 10.8. The molecule has 0 fully saturated rings. The summed E-state index contributed by atoms with van der Waals surface area (Å²) in [5.74, 6) is -0.169. The Morgan fingerprint density at radius 3 is 2.22 bits per heavy atom. The van der Waals surface area contributed by atoms with Crippen molar-refractivity contribution in [2.45, 2.75) is 26.3 Å². The second-order valence-corrected chi connectivity index (χ2v) is 4.98. The number of hydrogen-bond donors (Lipinski definition) is 2. The van der Waals surface area contributed by atoms with Crippen LogP contribution in [0.1, 0.15) is 31.1 Å². The molecule has 0 atom stereocenters. The molecule has 1 aromatic rings. The van der Waals surface area contributed by atoms with Gasteiger partial charge in [0, 0.05) is 11.1 Å². The van der Waals surface area contributed by atoms with Crippen molar-refractivity contribution in [2.75, 3.05) is 6.61 Å². The number of nitrogens with two attached hydrogens (primary N) is 1. The van der Waals surface area contributed by atoms with E-state index in [-0.39, 0.29) is 18.1 Å². The van der Waals surface area contributed by atoms with E-state index in [9.17, 15) is 9.59 Å². The number of hydrogen-bond acceptors (Lipinski definition) is 3. The Hall–Kier alpha value is -2.04. The number of primary amides is 1. The molecule has 0 saturated heterocycles. The van der Waals surface area contributed by atoms with Crippen LogP contribution in [0.5, 0.6) is 5.75 Å². The van der Waals surface area contributed by atoms with E-state index in [0.717, 1.165) is 0 Å². The zero-order valence-electron chi connectivity index (χ0n) is 10.8. The first kappa shape index (κ1) is 14.0. The Labute approximate surface area is 106 Å². The zero-order valence-corrected chi connectivity index (χ0v) is 10.8. The maximum Gasteiger partial charge on any atom is 0.258 e. The van der Waals surface area contributed by atoms with Crippen molar-refractivity contribution < 1.29 is 14.3 Å². The summed E-state index contributed by atoms with van der Waals surface area (Å²) in [7, 11) is 0. The molecule has 0 aliphatic rings. The van der Waals surface area contributed by atoms with Crippen molar-refractivity contribution in [2.24, 2.45) is 5.73 Å². The first-order valence-electron chi connectivity index (χ1n) is 5.61. The van der Waals surface area contributed by atoms with Crippen molar-refractivity contribution >= 4 is 11.8 Å². The SMILES string of the molecule is CC(C)(C)NC(=O)COc1ccc(C(N)=O)cc1. The van der Waals surface area contributed by atoms with Crippen LogP contribution in [-0.2, 0) is 4.79 Å². The summed E-state index contributed by atoms with van der Waals surface area (Å²) >= 11 is 0. The van der Waals surface area contributed by atoms with E-state index in [1.165, 1.54) is 0 Å². The lowest BCUT2D eigenvalue weighted by Gasteiger charge is -2.20. The number of ether oxygens (including phenoxy) is 1. The molecule has 5 nitrogen and oxygen atoms in total. The van der Waals surface area contributed by atoms with E-state index in [4.69, 9.17) is 10.5 Å². The molecule has 0 aliphatic carbocycles. The highest BCUT2D eigenvalue weighted by Gasteiger charge is 2.13. The number of carbonyl (C=O) groups excluding carboxylic acids is 2. The first-order valence-corrected chi connectivity index (χ1v) is 5.61. The standard InChI is InChI=1S/C13H18N2O3/c1-13(2,3)15-11(16)8-18-10-6-4-9(5-7-10)12(14)17/h4-7H,8H2,1-3H3,(H2,14,17)(H,15,16). The average Bonchev–Trinajstić information content (AvgIpc) is 2.24. The maximum atomic E-state index is 11.5. The highest BCUT2D eigenvalue weighted by atomic mass is 16.5. The minimum Gasteiger partial charge on any atom is -0.484 e. The Morgan fingerprint density at radius 2 is 1.78 bits per heavy atom. The molecule has 0 heterocycles. The third-order valence-corrected chi connectivity index (χ3v) is 2.02. The third-order valence-electron chi connectivity index (χ3n) is 2.02. The molecular formula is C13H18N2O3. The van der Waals surface area contributed by atoms with Crippen molar-refractivity contribution in [3.05, 3.63) is 29.8 Å². The molecule has 18 heavy (non-hydrogen) atoms. The van der Waals surface area contributed by atoms with Crippen LogP contribution in [0, 0.1) is 0 Å². The van der Waals surface area contributed by atoms with Gasteiger partial charge in [0.1, 0.15) is 5.75 Å². The predicted molar refractivity (Wildman–Crippen MR) is 68.4 cm³/mol. The molecule has 0 unspecified atom stereocenters. The largest absolute Gasteiger partial charge is 0.484 e. The van der Waals surface area contributed by atoms with Gasteiger partial charge in [0.05, 0.1) is 0 Å². The third kappa shape index (κ3) is 4.86. The van der Waals surface area contributed by atoms with Crippen molar-refractivity contribution in [1.29, 1.82) is 0 Å². The average molecular weight is 250 g/mol.